The molecule has 0 unspecified atom stereocenters. The fourth-order valence-corrected chi connectivity index (χ4v) is 2.92. The maximum atomic E-state index is 11.6. The lowest BCUT2D eigenvalue weighted by atomic mass is 10.1. The molecular weight excluding hydrogens is 278 g/mol. The summed E-state index contributed by atoms with van der Waals surface area (Å²) < 4.78 is 0. The predicted octanol–water partition coefficient (Wildman–Crippen LogP) is -0.616. The minimum Gasteiger partial charge on any atom is -0.394 e. The third-order valence-electron chi connectivity index (χ3n) is 3.36. The Balaban J connectivity index is 2.02. The number of allylic oxidation sites excluding steroid dienone is 1. The largest absolute Gasteiger partial charge is 0.394 e. The standard InChI is InChI=1S/C13H19N3O3S/c1-20-6-10(11(18)5-17)14-4-8-2-3-9-12(8)15-7-16-13(9)19/h2,7,10-11,14,17-18H,3-6H2,1H3,(H,15,16,19)/t10-,11+/m0/s1. The average molecular weight is 297 g/mol. The van der Waals surface area contributed by atoms with Crippen molar-refractivity contribution < 1.29 is 10.2 Å². The minimum absolute atomic E-state index is 0.0997. The first-order chi connectivity index (χ1) is 9.67. The van der Waals surface area contributed by atoms with Crippen molar-refractivity contribution in [2.24, 2.45) is 0 Å². The second-order valence-corrected chi connectivity index (χ2v) is 5.60. The first kappa shape index (κ1) is 15.2. The van der Waals surface area contributed by atoms with E-state index in [2.05, 4.69) is 15.3 Å². The molecule has 0 bridgehead atoms. The fraction of sp³-hybridized carbons (Fsp3) is 0.538. The SMILES string of the molecule is CSC[C@H](NCC1=CCc2c1nc[nH]c2=O)[C@H](O)CO. The van der Waals surface area contributed by atoms with Gasteiger partial charge in [0.2, 0.25) is 0 Å². The zero-order chi connectivity index (χ0) is 14.5. The number of nitrogens with one attached hydrogen (secondary N) is 2. The molecule has 2 rings (SSSR count). The number of H-pyrrole nitrogens is 1. The van der Waals surface area contributed by atoms with E-state index in [0.717, 1.165) is 11.3 Å². The number of hydrogen-bond donors (Lipinski definition) is 4. The molecule has 0 aromatic carbocycles. The lowest BCUT2D eigenvalue weighted by molar-refractivity contribution is 0.0707. The van der Waals surface area contributed by atoms with E-state index in [1.807, 2.05) is 12.3 Å². The number of thioether (sulfide) groups is 1. The van der Waals surface area contributed by atoms with Crippen molar-refractivity contribution in [2.45, 2.75) is 18.6 Å². The highest BCUT2D eigenvalue weighted by Crippen LogP contribution is 2.21. The van der Waals surface area contributed by atoms with Crippen molar-refractivity contribution in [3.8, 4) is 0 Å². The molecule has 6 nitrogen and oxygen atoms in total. The first-order valence-corrected chi connectivity index (χ1v) is 7.84. The van der Waals surface area contributed by atoms with Gasteiger partial charge in [0.1, 0.15) is 0 Å². The Morgan fingerprint density at radius 2 is 2.40 bits per heavy atom. The minimum atomic E-state index is -0.795. The van der Waals surface area contributed by atoms with Gasteiger partial charge in [-0.3, -0.25) is 4.79 Å². The molecule has 7 heteroatoms. The summed E-state index contributed by atoms with van der Waals surface area (Å²) in [5.74, 6) is 0.699. The topological polar surface area (TPSA) is 98.2 Å². The van der Waals surface area contributed by atoms with Crippen LogP contribution in [0.1, 0.15) is 11.3 Å². The molecule has 0 fully saturated rings. The normalized spacial score (nSPS) is 16.6. The van der Waals surface area contributed by atoms with Gasteiger partial charge in [-0.15, -0.1) is 0 Å². The number of aliphatic hydroxyl groups is 2. The quantitative estimate of drug-likeness (QED) is 0.536. The van der Waals surface area contributed by atoms with Gasteiger partial charge in [-0.25, -0.2) is 4.98 Å². The van der Waals surface area contributed by atoms with Crippen LogP contribution in [0.3, 0.4) is 0 Å². The number of aromatic nitrogens is 2. The van der Waals surface area contributed by atoms with Crippen LogP contribution in [0.25, 0.3) is 5.57 Å². The highest BCUT2D eigenvalue weighted by Gasteiger charge is 2.21. The molecule has 1 aromatic heterocycles. The van der Waals surface area contributed by atoms with Crippen LogP contribution >= 0.6 is 11.8 Å². The van der Waals surface area contributed by atoms with Crippen LogP contribution in [-0.2, 0) is 6.42 Å². The van der Waals surface area contributed by atoms with Gasteiger partial charge < -0.3 is 20.5 Å². The zero-order valence-corrected chi connectivity index (χ0v) is 12.1. The molecule has 1 heterocycles. The van der Waals surface area contributed by atoms with Gasteiger partial charge in [-0.1, -0.05) is 6.08 Å². The van der Waals surface area contributed by atoms with Crippen LogP contribution in [-0.4, -0.2) is 57.5 Å². The van der Waals surface area contributed by atoms with Gasteiger partial charge >= 0.3 is 0 Å². The Morgan fingerprint density at radius 3 is 3.10 bits per heavy atom. The van der Waals surface area contributed by atoms with Gasteiger partial charge in [0, 0.05) is 23.9 Å². The van der Waals surface area contributed by atoms with E-state index in [-0.39, 0.29) is 18.2 Å². The lowest BCUT2D eigenvalue weighted by Gasteiger charge is -2.22. The van der Waals surface area contributed by atoms with E-state index in [4.69, 9.17) is 5.11 Å². The third-order valence-corrected chi connectivity index (χ3v) is 4.05. The Bertz CT molecular complexity index is 544. The molecule has 0 spiro atoms. The van der Waals surface area contributed by atoms with Crippen molar-refractivity contribution in [3.63, 3.8) is 0 Å². The maximum Gasteiger partial charge on any atom is 0.254 e. The van der Waals surface area contributed by atoms with Crippen molar-refractivity contribution in [2.75, 3.05) is 25.2 Å². The Labute approximate surface area is 121 Å². The molecule has 2 atom stereocenters. The second kappa shape index (κ2) is 7.03. The van der Waals surface area contributed by atoms with Crippen LogP contribution in [0, 0.1) is 0 Å². The smallest absolute Gasteiger partial charge is 0.254 e. The Kier molecular flexibility index (Phi) is 5.36. The third kappa shape index (κ3) is 3.29. The van der Waals surface area contributed by atoms with E-state index < -0.39 is 6.10 Å². The van der Waals surface area contributed by atoms with Crippen LogP contribution in [0.4, 0.5) is 0 Å². The summed E-state index contributed by atoms with van der Waals surface area (Å²) in [5, 5.41) is 22.0. The number of hydrogen-bond acceptors (Lipinski definition) is 6. The first-order valence-electron chi connectivity index (χ1n) is 6.44. The summed E-state index contributed by atoms with van der Waals surface area (Å²) in [4.78, 5) is 18.4. The Hall–Kier alpha value is -1.15. The molecule has 4 N–H and O–H groups in total. The molecule has 0 saturated carbocycles. The summed E-state index contributed by atoms with van der Waals surface area (Å²) in [6, 6.07) is -0.193. The van der Waals surface area contributed by atoms with Crippen LogP contribution in [0.5, 0.6) is 0 Å². The maximum absolute atomic E-state index is 11.6. The highest BCUT2D eigenvalue weighted by atomic mass is 32.2. The number of aromatic amines is 1. The van der Waals surface area contributed by atoms with Crippen molar-refractivity contribution in [1.29, 1.82) is 0 Å². The van der Waals surface area contributed by atoms with Gasteiger partial charge in [-0.05, 0) is 18.2 Å². The van der Waals surface area contributed by atoms with Crippen LogP contribution in [0.2, 0.25) is 0 Å². The molecule has 0 aliphatic heterocycles. The fourth-order valence-electron chi connectivity index (χ4n) is 2.23. The van der Waals surface area contributed by atoms with E-state index in [9.17, 15) is 9.90 Å². The van der Waals surface area contributed by atoms with Crippen molar-refractivity contribution >= 4 is 17.3 Å². The number of fused-ring (bicyclic) bond motifs is 1. The summed E-state index contributed by atoms with van der Waals surface area (Å²) in [6.07, 6.45) is 5.12. The molecule has 110 valence electrons. The number of aliphatic hydroxyl groups excluding tert-OH is 2. The van der Waals surface area contributed by atoms with Gasteiger partial charge in [0.25, 0.3) is 5.56 Å². The van der Waals surface area contributed by atoms with E-state index in [0.29, 0.717) is 24.3 Å². The number of nitrogens with zero attached hydrogens (tertiary/aromatic N) is 1. The van der Waals surface area contributed by atoms with Crippen molar-refractivity contribution in [1.82, 2.24) is 15.3 Å². The predicted molar refractivity (Wildman–Crippen MR) is 79.8 cm³/mol. The highest BCUT2D eigenvalue weighted by molar-refractivity contribution is 7.98. The summed E-state index contributed by atoms with van der Waals surface area (Å²) in [5.41, 5.74) is 2.27. The second-order valence-electron chi connectivity index (χ2n) is 4.68. The van der Waals surface area contributed by atoms with Gasteiger partial charge in [0.15, 0.2) is 0 Å². The molecule has 20 heavy (non-hydrogen) atoms. The average Bonchev–Trinajstić information content (AvgIpc) is 2.87. The molecule has 1 aliphatic carbocycles. The van der Waals surface area contributed by atoms with Gasteiger partial charge in [-0.2, -0.15) is 11.8 Å². The molecule has 0 amide bonds. The molecule has 1 aromatic rings. The van der Waals surface area contributed by atoms with E-state index in [1.54, 1.807) is 11.8 Å². The van der Waals surface area contributed by atoms with Crippen LogP contribution < -0.4 is 10.9 Å². The molecule has 0 saturated heterocycles. The Morgan fingerprint density at radius 1 is 1.60 bits per heavy atom. The lowest BCUT2D eigenvalue weighted by Crippen LogP contribution is -2.44. The monoisotopic (exact) mass is 297 g/mol. The van der Waals surface area contributed by atoms with E-state index in [1.165, 1.54) is 6.33 Å². The van der Waals surface area contributed by atoms with Crippen molar-refractivity contribution in [3.05, 3.63) is 34.0 Å². The summed E-state index contributed by atoms with van der Waals surface area (Å²) in [7, 11) is 0. The molecular formula is C13H19N3O3S. The molecule has 1 aliphatic rings. The number of rotatable bonds is 7. The van der Waals surface area contributed by atoms with Gasteiger partial charge in [0.05, 0.1) is 24.7 Å². The van der Waals surface area contributed by atoms with Crippen LogP contribution in [0.15, 0.2) is 17.2 Å². The summed E-state index contributed by atoms with van der Waals surface area (Å²) in [6.45, 7) is 0.248. The molecule has 0 radical (unpaired) electrons. The van der Waals surface area contributed by atoms with E-state index >= 15 is 0 Å². The summed E-state index contributed by atoms with van der Waals surface area (Å²) >= 11 is 1.60. The zero-order valence-electron chi connectivity index (χ0n) is 11.3.